The molecule has 1 saturated carbocycles. The molecule has 1 aliphatic rings. The van der Waals surface area contributed by atoms with E-state index in [0.29, 0.717) is 25.3 Å². The molecule has 0 aliphatic heterocycles. The number of rotatable bonds is 6. The third-order valence-electron chi connectivity index (χ3n) is 4.01. The van der Waals surface area contributed by atoms with Gasteiger partial charge in [0.05, 0.1) is 6.61 Å². The molecule has 1 aromatic carbocycles. The maximum atomic E-state index is 13.7. The Morgan fingerprint density at radius 1 is 1.45 bits per heavy atom. The lowest BCUT2D eigenvalue weighted by Gasteiger charge is -2.23. The van der Waals surface area contributed by atoms with Gasteiger partial charge in [-0.2, -0.15) is 0 Å². The minimum Gasteiger partial charge on any atom is -0.383 e. The summed E-state index contributed by atoms with van der Waals surface area (Å²) < 4.78 is 18.8. The summed E-state index contributed by atoms with van der Waals surface area (Å²) in [6.45, 7) is 5.45. The van der Waals surface area contributed by atoms with Crippen LogP contribution in [0, 0.1) is 17.2 Å². The largest absolute Gasteiger partial charge is 0.383 e. The highest BCUT2D eigenvalue weighted by molar-refractivity contribution is 5.82. The first-order valence-electron chi connectivity index (χ1n) is 6.97. The summed E-state index contributed by atoms with van der Waals surface area (Å²) in [7, 11) is 1.60. The van der Waals surface area contributed by atoms with E-state index in [-0.39, 0.29) is 23.1 Å². The number of nitrogens with zero attached hydrogens (tertiary/aromatic N) is 1. The molecule has 20 heavy (non-hydrogen) atoms. The molecule has 1 atom stereocenters. The molecule has 0 saturated heterocycles. The monoisotopic (exact) mass is 279 g/mol. The van der Waals surface area contributed by atoms with Gasteiger partial charge in [0.15, 0.2) is 0 Å². The van der Waals surface area contributed by atoms with Crippen LogP contribution in [0.1, 0.15) is 25.8 Å². The van der Waals surface area contributed by atoms with E-state index in [0.717, 1.165) is 6.42 Å². The van der Waals surface area contributed by atoms with E-state index >= 15 is 0 Å². The topological polar surface area (TPSA) is 29.5 Å². The Kier molecular flexibility index (Phi) is 4.43. The fraction of sp³-hybridized carbons (Fsp3) is 0.562. The molecule has 1 amide bonds. The Labute approximate surface area is 119 Å². The first-order chi connectivity index (χ1) is 9.45. The number of halogens is 1. The van der Waals surface area contributed by atoms with Crippen LogP contribution >= 0.6 is 0 Å². The molecule has 1 fully saturated rings. The van der Waals surface area contributed by atoms with E-state index < -0.39 is 0 Å². The number of carbonyl (C=O) groups excluding carboxylic acids is 1. The zero-order chi connectivity index (χ0) is 14.8. The van der Waals surface area contributed by atoms with Crippen LogP contribution in [-0.4, -0.2) is 31.1 Å². The molecule has 0 spiro atoms. The van der Waals surface area contributed by atoms with E-state index in [4.69, 9.17) is 4.74 Å². The van der Waals surface area contributed by atoms with Crippen molar-refractivity contribution in [1.82, 2.24) is 4.90 Å². The van der Waals surface area contributed by atoms with E-state index in [1.54, 1.807) is 30.2 Å². The maximum absolute atomic E-state index is 13.7. The van der Waals surface area contributed by atoms with E-state index in [1.165, 1.54) is 6.07 Å². The second kappa shape index (κ2) is 5.92. The summed E-state index contributed by atoms with van der Waals surface area (Å²) in [5, 5.41) is 0. The lowest BCUT2D eigenvalue weighted by atomic mass is 10.1. The SMILES string of the molecule is COCCN(Cc1ccccc1F)C(=O)[C@@H]1CC1(C)C. The molecule has 0 heterocycles. The molecular formula is C16H22FNO2. The Morgan fingerprint density at radius 3 is 2.65 bits per heavy atom. The smallest absolute Gasteiger partial charge is 0.226 e. The summed E-state index contributed by atoms with van der Waals surface area (Å²) in [5.74, 6) is -0.0980. The van der Waals surface area contributed by atoms with Crippen molar-refractivity contribution in [2.75, 3.05) is 20.3 Å². The number of methoxy groups -OCH3 is 1. The number of hydrogen-bond donors (Lipinski definition) is 0. The van der Waals surface area contributed by atoms with Crippen molar-refractivity contribution >= 4 is 5.91 Å². The molecule has 4 heteroatoms. The number of benzene rings is 1. The fourth-order valence-corrected chi connectivity index (χ4v) is 2.41. The fourth-order valence-electron chi connectivity index (χ4n) is 2.41. The molecular weight excluding hydrogens is 257 g/mol. The van der Waals surface area contributed by atoms with Crippen molar-refractivity contribution in [2.45, 2.75) is 26.8 Å². The van der Waals surface area contributed by atoms with Gasteiger partial charge in [0, 0.05) is 31.7 Å². The van der Waals surface area contributed by atoms with E-state index in [9.17, 15) is 9.18 Å². The molecule has 1 aromatic rings. The van der Waals surface area contributed by atoms with Gasteiger partial charge in [0.1, 0.15) is 5.82 Å². The second-order valence-electron chi connectivity index (χ2n) is 6.09. The van der Waals surface area contributed by atoms with Crippen LogP contribution in [0.5, 0.6) is 0 Å². The van der Waals surface area contributed by atoms with Gasteiger partial charge in [-0.25, -0.2) is 4.39 Å². The third-order valence-corrected chi connectivity index (χ3v) is 4.01. The second-order valence-corrected chi connectivity index (χ2v) is 6.09. The van der Waals surface area contributed by atoms with E-state index in [1.807, 2.05) is 0 Å². The zero-order valence-corrected chi connectivity index (χ0v) is 12.4. The molecule has 0 radical (unpaired) electrons. The predicted molar refractivity (Wildman–Crippen MR) is 75.6 cm³/mol. The summed E-state index contributed by atoms with van der Waals surface area (Å²) in [6, 6.07) is 6.60. The molecule has 0 N–H and O–H groups in total. The van der Waals surface area contributed by atoms with Gasteiger partial charge < -0.3 is 9.64 Å². The quantitative estimate of drug-likeness (QED) is 0.801. The minimum absolute atomic E-state index is 0.0612. The average Bonchev–Trinajstić information content (AvgIpc) is 3.05. The van der Waals surface area contributed by atoms with Crippen molar-refractivity contribution in [1.29, 1.82) is 0 Å². The summed E-state index contributed by atoms with van der Waals surface area (Å²) in [6.07, 6.45) is 0.909. The standard InChI is InChI=1S/C16H22FNO2/c1-16(2)10-13(16)15(19)18(8-9-20-3)11-12-6-4-5-7-14(12)17/h4-7,13H,8-11H2,1-3H3/t13-/m0/s1. The molecule has 3 nitrogen and oxygen atoms in total. The highest BCUT2D eigenvalue weighted by Gasteiger charge is 2.51. The number of amides is 1. The van der Waals surface area contributed by atoms with E-state index in [2.05, 4.69) is 13.8 Å². The van der Waals surface area contributed by atoms with Gasteiger partial charge in [0.2, 0.25) is 5.91 Å². The Morgan fingerprint density at radius 2 is 2.10 bits per heavy atom. The highest BCUT2D eigenvalue weighted by Crippen LogP contribution is 2.52. The van der Waals surface area contributed by atoms with Crippen LogP contribution in [0.15, 0.2) is 24.3 Å². The van der Waals surface area contributed by atoms with Crippen LogP contribution in [0.25, 0.3) is 0 Å². The van der Waals surface area contributed by atoms with Gasteiger partial charge in [-0.15, -0.1) is 0 Å². The lowest BCUT2D eigenvalue weighted by molar-refractivity contribution is -0.134. The van der Waals surface area contributed by atoms with Crippen molar-refractivity contribution in [3.05, 3.63) is 35.6 Å². The van der Waals surface area contributed by atoms with Gasteiger partial charge in [-0.1, -0.05) is 32.0 Å². The summed E-state index contributed by atoms with van der Waals surface area (Å²) in [4.78, 5) is 14.2. The summed E-state index contributed by atoms with van der Waals surface area (Å²) in [5.41, 5.74) is 0.632. The zero-order valence-electron chi connectivity index (χ0n) is 12.4. The number of ether oxygens (including phenoxy) is 1. The lowest BCUT2D eigenvalue weighted by Crippen LogP contribution is -2.35. The van der Waals surface area contributed by atoms with Crippen LogP contribution in [-0.2, 0) is 16.1 Å². The van der Waals surface area contributed by atoms with Gasteiger partial charge in [0.25, 0.3) is 0 Å². The molecule has 0 bridgehead atoms. The molecule has 1 aliphatic carbocycles. The first kappa shape index (κ1) is 15.0. The van der Waals surface area contributed by atoms with Crippen LogP contribution in [0.3, 0.4) is 0 Å². The molecule has 110 valence electrons. The van der Waals surface area contributed by atoms with Gasteiger partial charge >= 0.3 is 0 Å². The Bertz CT molecular complexity index is 487. The van der Waals surface area contributed by atoms with Crippen LogP contribution in [0.4, 0.5) is 4.39 Å². The third kappa shape index (κ3) is 3.37. The number of carbonyl (C=O) groups is 1. The van der Waals surface area contributed by atoms with Crippen molar-refractivity contribution in [2.24, 2.45) is 11.3 Å². The Balaban J connectivity index is 2.08. The van der Waals surface area contributed by atoms with Crippen molar-refractivity contribution < 1.29 is 13.9 Å². The van der Waals surface area contributed by atoms with Crippen LogP contribution < -0.4 is 0 Å². The molecule has 2 rings (SSSR count). The summed E-state index contributed by atoms with van der Waals surface area (Å²) >= 11 is 0. The normalized spacial score (nSPS) is 19.7. The average molecular weight is 279 g/mol. The van der Waals surface area contributed by atoms with Crippen LogP contribution in [0.2, 0.25) is 0 Å². The van der Waals surface area contributed by atoms with Gasteiger partial charge in [-0.3, -0.25) is 4.79 Å². The minimum atomic E-state index is -0.266. The maximum Gasteiger partial charge on any atom is 0.226 e. The first-order valence-corrected chi connectivity index (χ1v) is 6.97. The van der Waals surface area contributed by atoms with Crippen molar-refractivity contribution in [3.63, 3.8) is 0 Å². The Hall–Kier alpha value is -1.42. The van der Waals surface area contributed by atoms with Crippen molar-refractivity contribution in [3.8, 4) is 0 Å². The molecule has 0 aromatic heterocycles. The number of hydrogen-bond acceptors (Lipinski definition) is 2. The predicted octanol–water partition coefficient (Wildman–Crippen LogP) is 2.85. The molecule has 0 unspecified atom stereocenters. The van der Waals surface area contributed by atoms with Gasteiger partial charge in [-0.05, 0) is 17.9 Å². The highest BCUT2D eigenvalue weighted by atomic mass is 19.1.